The Morgan fingerprint density at radius 3 is 2.13 bits per heavy atom. The molecule has 0 unspecified atom stereocenters. The molecule has 38 heavy (non-hydrogen) atoms. The van der Waals surface area contributed by atoms with E-state index in [9.17, 15) is 24.3 Å². The molecule has 2 N–H and O–H groups in total. The molecule has 0 aromatic heterocycles. The number of aliphatic carboxylic acids is 1. The summed E-state index contributed by atoms with van der Waals surface area (Å²) in [4.78, 5) is 55.8. The molecule has 1 saturated heterocycles. The van der Waals surface area contributed by atoms with Crippen molar-refractivity contribution < 1.29 is 24.3 Å². The van der Waals surface area contributed by atoms with Gasteiger partial charge in [0.15, 0.2) is 0 Å². The monoisotopic (exact) mass is 529 g/mol. The highest BCUT2D eigenvalue weighted by molar-refractivity contribution is 5.94. The van der Waals surface area contributed by atoms with E-state index in [1.54, 1.807) is 7.05 Å². The van der Waals surface area contributed by atoms with Gasteiger partial charge in [0, 0.05) is 24.9 Å². The van der Waals surface area contributed by atoms with Crippen LogP contribution in [0.4, 0.5) is 0 Å². The molecule has 0 spiro atoms. The summed E-state index contributed by atoms with van der Waals surface area (Å²) in [6, 6.07) is 7.28. The topological polar surface area (TPSA) is 107 Å². The van der Waals surface area contributed by atoms with E-state index in [0.717, 1.165) is 5.56 Å². The van der Waals surface area contributed by atoms with Gasteiger partial charge in [-0.05, 0) is 36.2 Å². The lowest BCUT2D eigenvalue weighted by molar-refractivity contribution is -0.155. The summed E-state index contributed by atoms with van der Waals surface area (Å²) in [5.41, 5.74) is -0.0464. The third kappa shape index (κ3) is 6.75. The van der Waals surface area contributed by atoms with Gasteiger partial charge in [0.25, 0.3) is 0 Å². The van der Waals surface area contributed by atoms with Crippen LogP contribution in [-0.2, 0) is 24.6 Å². The second-order valence-electron chi connectivity index (χ2n) is 12.5. The van der Waals surface area contributed by atoms with Gasteiger partial charge < -0.3 is 20.2 Å². The summed E-state index contributed by atoms with van der Waals surface area (Å²) < 4.78 is 0. The van der Waals surface area contributed by atoms with E-state index in [2.05, 4.69) is 5.32 Å². The van der Waals surface area contributed by atoms with Crippen LogP contribution in [0.5, 0.6) is 0 Å². The zero-order valence-electron chi connectivity index (χ0n) is 24.6. The largest absolute Gasteiger partial charge is 0.480 e. The van der Waals surface area contributed by atoms with Crippen molar-refractivity contribution in [1.82, 2.24) is 15.1 Å². The summed E-state index contributed by atoms with van der Waals surface area (Å²) in [7, 11) is 1.58. The van der Waals surface area contributed by atoms with Crippen LogP contribution in [0.3, 0.4) is 0 Å². The molecule has 0 aliphatic carbocycles. The Labute approximate surface area is 228 Å². The molecule has 1 heterocycles. The van der Waals surface area contributed by atoms with Gasteiger partial charge in [0.1, 0.15) is 18.1 Å². The van der Waals surface area contributed by atoms with E-state index in [4.69, 9.17) is 0 Å². The molecule has 1 aliphatic rings. The average molecular weight is 530 g/mol. The second-order valence-corrected chi connectivity index (χ2v) is 12.5. The Hall–Kier alpha value is -2.90. The quantitative estimate of drug-likeness (QED) is 0.475. The van der Waals surface area contributed by atoms with E-state index in [-0.39, 0.29) is 29.6 Å². The number of carbonyl (C=O) groups excluding carboxylic acids is 3. The Morgan fingerprint density at radius 2 is 1.66 bits per heavy atom. The van der Waals surface area contributed by atoms with Gasteiger partial charge in [0.2, 0.25) is 17.7 Å². The standard InChI is InChI=1S/C30H47N3O5/c1-10-21(30(7,8)20-15-12-11-13-16-20)25(34)31-24(29(4,5)6)27(36)32(9)23(19(2)3)26(35)33-18-14-17-22(33)28(37)38/h11-13,15-16,19,21-24H,10,14,17-18H2,1-9H3,(H,31,34)(H,37,38)/t21-,22+,23+,24-/m1/s1. The zero-order chi connectivity index (χ0) is 29.0. The number of benzene rings is 1. The first kappa shape index (κ1) is 31.3. The van der Waals surface area contributed by atoms with Gasteiger partial charge in [-0.3, -0.25) is 14.4 Å². The summed E-state index contributed by atoms with van der Waals surface area (Å²) >= 11 is 0. The Morgan fingerprint density at radius 1 is 1.08 bits per heavy atom. The van der Waals surface area contributed by atoms with Crippen LogP contribution in [0, 0.1) is 17.3 Å². The van der Waals surface area contributed by atoms with E-state index in [0.29, 0.717) is 25.8 Å². The van der Waals surface area contributed by atoms with Crippen LogP contribution < -0.4 is 5.32 Å². The summed E-state index contributed by atoms with van der Waals surface area (Å²) in [6.45, 7) is 15.8. The first-order chi connectivity index (χ1) is 17.5. The average Bonchev–Trinajstić information content (AvgIpc) is 3.32. The van der Waals surface area contributed by atoms with E-state index < -0.39 is 34.9 Å². The Bertz CT molecular complexity index is 999. The maximum absolute atomic E-state index is 14.0. The SMILES string of the molecule is CC[C@H](C(=O)N[C@H](C(=O)N(C)[C@H](C(=O)N1CCC[C@H]1C(=O)O)C(C)C)C(C)(C)C)C(C)(C)c1ccccc1. The molecular weight excluding hydrogens is 482 g/mol. The van der Waals surface area contributed by atoms with Gasteiger partial charge in [-0.1, -0.05) is 85.7 Å². The van der Waals surface area contributed by atoms with E-state index in [1.807, 2.05) is 85.7 Å². The number of likely N-dealkylation sites (tertiary alicyclic amines) is 1. The number of hydrogen-bond acceptors (Lipinski definition) is 4. The van der Waals surface area contributed by atoms with Crippen LogP contribution in [0.2, 0.25) is 0 Å². The molecule has 1 fully saturated rings. The third-order valence-corrected chi connectivity index (χ3v) is 7.98. The van der Waals surface area contributed by atoms with Crippen LogP contribution >= 0.6 is 0 Å². The number of rotatable bonds is 10. The van der Waals surface area contributed by atoms with Crippen LogP contribution in [-0.4, -0.2) is 70.3 Å². The highest BCUT2D eigenvalue weighted by Crippen LogP contribution is 2.35. The fourth-order valence-corrected chi connectivity index (χ4v) is 5.68. The lowest BCUT2D eigenvalue weighted by Gasteiger charge is -2.40. The van der Waals surface area contributed by atoms with Gasteiger partial charge >= 0.3 is 5.97 Å². The van der Waals surface area contributed by atoms with Crippen molar-refractivity contribution in [2.45, 2.75) is 98.2 Å². The lowest BCUT2D eigenvalue weighted by Crippen LogP contribution is -2.61. The maximum Gasteiger partial charge on any atom is 0.326 e. The molecule has 8 nitrogen and oxygen atoms in total. The molecule has 3 amide bonds. The Balaban J connectivity index is 2.34. The minimum atomic E-state index is -1.03. The highest BCUT2D eigenvalue weighted by atomic mass is 16.4. The molecule has 0 bridgehead atoms. The highest BCUT2D eigenvalue weighted by Gasteiger charge is 2.45. The lowest BCUT2D eigenvalue weighted by atomic mass is 9.71. The number of carboxylic acids is 1. The number of nitrogens with one attached hydrogen (secondary N) is 1. The predicted molar refractivity (Wildman–Crippen MR) is 148 cm³/mol. The number of likely N-dealkylation sites (N-methyl/N-ethyl adjacent to an activating group) is 1. The normalized spacial score (nSPS) is 18.6. The van der Waals surface area contributed by atoms with Crippen LogP contribution in [0.15, 0.2) is 30.3 Å². The summed E-state index contributed by atoms with van der Waals surface area (Å²) in [5.74, 6) is -2.59. The molecule has 1 aliphatic heterocycles. The smallest absolute Gasteiger partial charge is 0.326 e. The van der Waals surface area contributed by atoms with Crippen molar-refractivity contribution in [2.24, 2.45) is 17.3 Å². The molecule has 212 valence electrons. The third-order valence-electron chi connectivity index (χ3n) is 7.98. The molecule has 0 saturated carbocycles. The summed E-state index contributed by atoms with van der Waals surface area (Å²) in [5, 5.41) is 12.6. The number of hydrogen-bond donors (Lipinski definition) is 2. The van der Waals surface area contributed by atoms with Crippen molar-refractivity contribution in [2.75, 3.05) is 13.6 Å². The van der Waals surface area contributed by atoms with Gasteiger partial charge in [-0.15, -0.1) is 0 Å². The van der Waals surface area contributed by atoms with Crippen molar-refractivity contribution in [3.63, 3.8) is 0 Å². The maximum atomic E-state index is 14.0. The molecule has 2 rings (SSSR count). The van der Waals surface area contributed by atoms with Crippen LogP contribution in [0.1, 0.15) is 80.2 Å². The number of amides is 3. The van der Waals surface area contributed by atoms with Crippen molar-refractivity contribution in [3.05, 3.63) is 35.9 Å². The fourth-order valence-electron chi connectivity index (χ4n) is 5.68. The van der Waals surface area contributed by atoms with E-state index >= 15 is 0 Å². The first-order valence-electron chi connectivity index (χ1n) is 13.7. The Kier molecular flexibility index (Phi) is 10.1. The number of nitrogens with zero attached hydrogens (tertiary/aromatic N) is 2. The minimum Gasteiger partial charge on any atom is -0.480 e. The summed E-state index contributed by atoms with van der Waals surface area (Å²) in [6.07, 6.45) is 1.61. The van der Waals surface area contributed by atoms with Gasteiger partial charge in [-0.25, -0.2) is 4.79 Å². The van der Waals surface area contributed by atoms with Crippen molar-refractivity contribution in [1.29, 1.82) is 0 Å². The minimum absolute atomic E-state index is 0.207. The van der Waals surface area contributed by atoms with E-state index in [1.165, 1.54) is 9.80 Å². The molecule has 8 heteroatoms. The molecule has 1 aromatic carbocycles. The van der Waals surface area contributed by atoms with Crippen molar-refractivity contribution >= 4 is 23.7 Å². The molecule has 1 aromatic rings. The second kappa shape index (κ2) is 12.3. The number of carbonyl (C=O) groups is 4. The van der Waals surface area contributed by atoms with Crippen LogP contribution in [0.25, 0.3) is 0 Å². The van der Waals surface area contributed by atoms with Gasteiger partial charge in [-0.2, -0.15) is 0 Å². The van der Waals surface area contributed by atoms with Crippen molar-refractivity contribution in [3.8, 4) is 0 Å². The molecule has 0 radical (unpaired) electrons. The van der Waals surface area contributed by atoms with Gasteiger partial charge in [0.05, 0.1) is 0 Å². The predicted octanol–water partition coefficient (Wildman–Crippen LogP) is 4.08. The molecule has 4 atom stereocenters. The fraction of sp³-hybridized carbons (Fsp3) is 0.667. The number of carboxylic acid groups (broad SMARTS) is 1. The zero-order valence-corrected chi connectivity index (χ0v) is 24.6. The first-order valence-corrected chi connectivity index (χ1v) is 13.7. The molecular formula is C30H47N3O5.